The third-order valence-electron chi connectivity index (χ3n) is 4.19. The monoisotopic (exact) mass is 306 g/mol. The smallest absolute Gasteiger partial charge is 0.233 e. The van der Waals surface area contributed by atoms with Crippen molar-refractivity contribution in [3.05, 3.63) is 28.8 Å². The Bertz CT molecular complexity index is 549. The Kier molecular flexibility index (Phi) is 3.75. The molecule has 112 valence electrons. The maximum Gasteiger partial charge on any atom is 0.233 e. The predicted molar refractivity (Wildman–Crippen MR) is 71.4 cm³/mol. The van der Waals surface area contributed by atoms with Crippen LogP contribution in [0.1, 0.15) is 46.3 Å². The molecule has 1 nitrogen and oxygen atoms in total. The van der Waals surface area contributed by atoms with Gasteiger partial charge in [0.15, 0.2) is 23.3 Å². The molecule has 6 heteroatoms. The lowest BCUT2D eigenvalue weighted by molar-refractivity contribution is 0.218. The molecule has 0 saturated carbocycles. The highest BCUT2D eigenvalue weighted by Crippen LogP contribution is 2.45. The standard InChI is InChI=1S/C14H18F4OSi/c1-6(2)20(7(3)4)14-9(8(5)19-20)10(15)11(16)12(17)13(14)18/h6-8H,1-5H3. The van der Waals surface area contributed by atoms with Gasteiger partial charge in [0.2, 0.25) is 8.32 Å². The summed E-state index contributed by atoms with van der Waals surface area (Å²) in [6, 6.07) is 0. The zero-order chi connectivity index (χ0) is 15.4. The molecule has 0 amide bonds. The molecular formula is C14H18F4OSi. The highest BCUT2D eigenvalue weighted by molar-refractivity contribution is 6.90. The second kappa shape index (κ2) is 4.84. The fourth-order valence-electron chi connectivity index (χ4n) is 3.34. The number of benzene rings is 1. The number of hydrogen-bond acceptors (Lipinski definition) is 1. The van der Waals surface area contributed by atoms with Crippen LogP contribution in [0, 0.1) is 23.3 Å². The molecule has 1 aromatic carbocycles. The molecular weight excluding hydrogens is 288 g/mol. The van der Waals surface area contributed by atoms with E-state index >= 15 is 0 Å². The van der Waals surface area contributed by atoms with Gasteiger partial charge in [0.25, 0.3) is 0 Å². The Balaban J connectivity index is 2.89. The summed E-state index contributed by atoms with van der Waals surface area (Å²) in [5, 5.41) is -0.0357. The topological polar surface area (TPSA) is 9.23 Å². The van der Waals surface area contributed by atoms with Crippen molar-refractivity contribution in [2.24, 2.45) is 0 Å². The zero-order valence-electron chi connectivity index (χ0n) is 12.2. The van der Waals surface area contributed by atoms with E-state index in [-0.39, 0.29) is 21.8 Å². The molecule has 0 radical (unpaired) electrons. The fraction of sp³-hybridized carbons (Fsp3) is 0.571. The van der Waals surface area contributed by atoms with Crippen LogP contribution in [-0.4, -0.2) is 8.32 Å². The van der Waals surface area contributed by atoms with Gasteiger partial charge in [-0.3, -0.25) is 0 Å². The first-order chi connectivity index (χ1) is 9.16. The Labute approximate surface area is 117 Å². The fourth-order valence-corrected chi connectivity index (χ4v) is 8.38. The minimum absolute atomic E-state index is 0.0357. The van der Waals surface area contributed by atoms with Crippen LogP contribution in [0.2, 0.25) is 11.1 Å². The number of hydrogen-bond donors (Lipinski definition) is 0. The van der Waals surface area contributed by atoms with Crippen molar-refractivity contribution in [3.8, 4) is 0 Å². The molecule has 0 spiro atoms. The molecule has 1 aromatic rings. The van der Waals surface area contributed by atoms with E-state index in [2.05, 4.69) is 0 Å². The zero-order valence-corrected chi connectivity index (χ0v) is 13.2. The molecule has 0 saturated heterocycles. The highest BCUT2D eigenvalue weighted by atomic mass is 28.4. The van der Waals surface area contributed by atoms with E-state index in [9.17, 15) is 17.6 Å². The van der Waals surface area contributed by atoms with Crippen molar-refractivity contribution >= 4 is 13.5 Å². The Morgan fingerprint density at radius 1 is 0.850 bits per heavy atom. The van der Waals surface area contributed by atoms with Gasteiger partial charge in [0.05, 0.1) is 6.10 Å². The van der Waals surface area contributed by atoms with Gasteiger partial charge in [0, 0.05) is 10.8 Å². The molecule has 0 aromatic heterocycles. The molecule has 1 unspecified atom stereocenters. The second-order valence-electron chi connectivity index (χ2n) is 5.91. The Hall–Kier alpha value is -0.883. The van der Waals surface area contributed by atoms with Gasteiger partial charge < -0.3 is 4.43 Å². The summed E-state index contributed by atoms with van der Waals surface area (Å²) in [7, 11) is -2.92. The molecule has 0 fully saturated rings. The molecule has 0 aliphatic carbocycles. The first-order valence-corrected chi connectivity index (χ1v) is 8.76. The summed E-state index contributed by atoms with van der Waals surface area (Å²) in [5.74, 6) is -6.09. The van der Waals surface area contributed by atoms with Crippen LogP contribution in [0.4, 0.5) is 17.6 Å². The van der Waals surface area contributed by atoms with Crippen LogP contribution in [0.25, 0.3) is 0 Å². The van der Waals surface area contributed by atoms with Crippen molar-refractivity contribution in [3.63, 3.8) is 0 Å². The van der Waals surface area contributed by atoms with E-state index < -0.39 is 37.7 Å². The average molecular weight is 306 g/mol. The minimum Gasteiger partial charge on any atom is -0.405 e. The third-order valence-corrected chi connectivity index (χ3v) is 9.63. The predicted octanol–water partition coefficient (Wildman–Crippen LogP) is 4.31. The lowest BCUT2D eigenvalue weighted by Gasteiger charge is -2.35. The Morgan fingerprint density at radius 3 is 1.75 bits per heavy atom. The molecule has 1 aliphatic heterocycles. The maximum absolute atomic E-state index is 14.3. The largest absolute Gasteiger partial charge is 0.405 e. The van der Waals surface area contributed by atoms with E-state index in [1.54, 1.807) is 6.92 Å². The van der Waals surface area contributed by atoms with Gasteiger partial charge in [-0.15, -0.1) is 0 Å². The molecule has 0 N–H and O–H groups in total. The van der Waals surface area contributed by atoms with Crippen LogP contribution < -0.4 is 5.19 Å². The number of halogens is 4. The number of rotatable bonds is 2. The molecule has 1 aliphatic rings. The van der Waals surface area contributed by atoms with Gasteiger partial charge in [-0.1, -0.05) is 27.7 Å². The van der Waals surface area contributed by atoms with E-state index in [4.69, 9.17) is 4.43 Å². The summed E-state index contributed by atoms with van der Waals surface area (Å²) in [6.45, 7) is 8.97. The summed E-state index contributed by atoms with van der Waals surface area (Å²) in [6.07, 6.45) is -0.758. The summed E-state index contributed by atoms with van der Waals surface area (Å²) in [5.41, 5.74) is -0.301. The van der Waals surface area contributed by atoms with Crippen molar-refractivity contribution in [2.75, 3.05) is 0 Å². The van der Waals surface area contributed by atoms with Gasteiger partial charge in [-0.2, -0.15) is 0 Å². The van der Waals surface area contributed by atoms with Gasteiger partial charge in [-0.25, -0.2) is 17.6 Å². The number of fused-ring (bicyclic) bond motifs is 1. The van der Waals surface area contributed by atoms with Crippen LogP contribution >= 0.6 is 0 Å². The average Bonchev–Trinajstić information content (AvgIpc) is 2.68. The summed E-state index contributed by atoms with van der Waals surface area (Å²) < 4.78 is 61.3. The van der Waals surface area contributed by atoms with Gasteiger partial charge in [0.1, 0.15) is 0 Å². The quantitative estimate of drug-likeness (QED) is 0.342. The van der Waals surface area contributed by atoms with Crippen molar-refractivity contribution in [2.45, 2.75) is 51.8 Å². The van der Waals surface area contributed by atoms with E-state index in [0.717, 1.165) is 0 Å². The summed E-state index contributed by atoms with van der Waals surface area (Å²) in [4.78, 5) is 0. The lowest BCUT2D eigenvalue weighted by atomic mass is 10.1. The van der Waals surface area contributed by atoms with Crippen molar-refractivity contribution in [1.29, 1.82) is 0 Å². The molecule has 0 bridgehead atoms. The van der Waals surface area contributed by atoms with Crippen molar-refractivity contribution in [1.82, 2.24) is 0 Å². The lowest BCUT2D eigenvalue weighted by Crippen LogP contribution is -2.54. The van der Waals surface area contributed by atoms with Crippen LogP contribution in [0.5, 0.6) is 0 Å². The molecule has 2 rings (SSSR count). The summed E-state index contributed by atoms with van der Waals surface area (Å²) >= 11 is 0. The molecule has 1 atom stereocenters. The molecule has 1 heterocycles. The third kappa shape index (κ3) is 1.77. The van der Waals surface area contributed by atoms with Gasteiger partial charge >= 0.3 is 0 Å². The highest BCUT2D eigenvalue weighted by Gasteiger charge is 2.55. The van der Waals surface area contributed by atoms with Crippen LogP contribution in [0.3, 0.4) is 0 Å². The minimum atomic E-state index is -2.92. The first kappa shape index (κ1) is 15.5. The normalized spacial score (nSPS) is 20.9. The van der Waals surface area contributed by atoms with E-state index in [0.29, 0.717) is 0 Å². The first-order valence-electron chi connectivity index (χ1n) is 6.70. The molecule has 20 heavy (non-hydrogen) atoms. The SMILES string of the molecule is CC1O[Si](C(C)C)(C(C)C)c2c(F)c(F)c(F)c(F)c21. The Morgan fingerprint density at radius 2 is 1.30 bits per heavy atom. The van der Waals surface area contributed by atoms with Crippen LogP contribution in [0.15, 0.2) is 0 Å². The maximum atomic E-state index is 14.3. The van der Waals surface area contributed by atoms with Crippen LogP contribution in [-0.2, 0) is 4.43 Å². The van der Waals surface area contributed by atoms with Gasteiger partial charge in [-0.05, 0) is 18.0 Å². The van der Waals surface area contributed by atoms with E-state index in [1.807, 2.05) is 27.7 Å². The van der Waals surface area contributed by atoms with E-state index in [1.165, 1.54) is 0 Å². The van der Waals surface area contributed by atoms with Crippen molar-refractivity contribution < 1.29 is 22.0 Å². The second-order valence-corrected chi connectivity index (χ2v) is 10.5.